The van der Waals surface area contributed by atoms with Gasteiger partial charge in [-0.05, 0) is 31.0 Å². The number of nitrogens with two attached hydrogens (primary N) is 1. The fourth-order valence-corrected chi connectivity index (χ4v) is 0.580. The van der Waals surface area contributed by atoms with Gasteiger partial charge in [0.15, 0.2) is 0 Å². The number of nitrogen functional groups attached to an aromatic ring is 1. The summed E-state index contributed by atoms with van der Waals surface area (Å²) in [4.78, 5) is 3.71. The van der Waals surface area contributed by atoms with Crippen molar-refractivity contribution in [3.8, 4) is 0 Å². The minimum atomic E-state index is 0.752. The highest BCUT2D eigenvalue weighted by molar-refractivity contribution is 5.51. The van der Waals surface area contributed by atoms with Gasteiger partial charge in [0.05, 0.1) is 5.69 Å². The maximum Gasteiger partial charge on any atom is 0.0623 e. The highest BCUT2D eigenvalue weighted by Crippen LogP contribution is 2.11. The monoisotopic (exact) mass is 120 g/mol. The number of aliphatic imine (C=N–C) groups is 1. The maximum absolute atomic E-state index is 5.42. The summed E-state index contributed by atoms with van der Waals surface area (Å²) in [5.74, 6) is 0. The van der Waals surface area contributed by atoms with Gasteiger partial charge in [-0.15, -0.1) is 0 Å². The Balaban J connectivity index is 3.01. The summed E-state index contributed by atoms with van der Waals surface area (Å²) < 4.78 is 0. The molecule has 0 atom stereocenters. The molecule has 0 saturated carbocycles. The first-order valence-electron chi connectivity index (χ1n) is 2.65. The summed E-state index contributed by atoms with van der Waals surface area (Å²) >= 11 is 0. The molecule has 1 rings (SSSR count). The van der Waals surface area contributed by atoms with Gasteiger partial charge in [0.2, 0.25) is 0 Å². The fraction of sp³-hybridized carbons (Fsp3) is 0. The van der Waals surface area contributed by atoms with Gasteiger partial charge in [0, 0.05) is 5.69 Å². The molecule has 9 heavy (non-hydrogen) atoms. The molecule has 0 heterocycles. The summed E-state index contributed by atoms with van der Waals surface area (Å²) in [6.07, 6.45) is 0. The third-order valence-corrected chi connectivity index (χ3v) is 1.08. The van der Waals surface area contributed by atoms with E-state index in [1.807, 2.05) is 12.1 Å². The van der Waals surface area contributed by atoms with Gasteiger partial charge in [0.1, 0.15) is 0 Å². The van der Waals surface area contributed by atoms with Crippen LogP contribution in [0, 0.1) is 0 Å². The molecule has 0 unspecified atom stereocenters. The molecule has 2 heteroatoms. The third kappa shape index (κ3) is 1.29. The van der Waals surface area contributed by atoms with Crippen molar-refractivity contribution in [2.45, 2.75) is 0 Å². The molecule has 0 aliphatic rings. The number of benzene rings is 1. The smallest absolute Gasteiger partial charge is 0.0623 e. The summed E-state index contributed by atoms with van der Waals surface area (Å²) in [5.41, 5.74) is 7.02. The number of anilines is 1. The highest BCUT2D eigenvalue weighted by Gasteiger charge is 1.83. The fourth-order valence-electron chi connectivity index (χ4n) is 0.580. The Bertz CT molecular complexity index is 201. The Hall–Kier alpha value is -1.31. The quantitative estimate of drug-likeness (QED) is 0.443. The van der Waals surface area contributed by atoms with Crippen LogP contribution < -0.4 is 5.73 Å². The van der Waals surface area contributed by atoms with Crippen LogP contribution in [0.1, 0.15) is 0 Å². The molecule has 0 aliphatic heterocycles. The molecule has 0 radical (unpaired) electrons. The van der Waals surface area contributed by atoms with Crippen molar-refractivity contribution in [1.82, 2.24) is 0 Å². The zero-order chi connectivity index (χ0) is 6.69. The molecule has 2 N–H and O–H groups in total. The van der Waals surface area contributed by atoms with E-state index in [0.717, 1.165) is 11.4 Å². The Morgan fingerprint density at radius 3 is 2.22 bits per heavy atom. The van der Waals surface area contributed by atoms with Crippen molar-refractivity contribution in [3.63, 3.8) is 0 Å². The Morgan fingerprint density at radius 1 is 1.22 bits per heavy atom. The van der Waals surface area contributed by atoms with E-state index in [0.29, 0.717) is 0 Å². The Morgan fingerprint density at radius 2 is 1.78 bits per heavy atom. The van der Waals surface area contributed by atoms with Gasteiger partial charge in [-0.1, -0.05) is 0 Å². The van der Waals surface area contributed by atoms with Crippen molar-refractivity contribution >= 4 is 18.1 Å². The molecule has 46 valence electrons. The summed E-state index contributed by atoms with van der Waals surface area (Å²) in [6.45, 7) is 3.37. The van der Waals surface area contributed by atoms with Crippen LogP contribution in [-0.4, -0.2) is 6.72 Å². The van der Waals surface area contributed by atoms with Gasteiger partial charge in [0.25, 0.3) is 0 Å². The van der Waals surface area contributed by atoms with Crippen molar-refractivity contribution in [1.29, 1.82) is 0 Å². The number of hydrogen-bond donors (Lipinski definition) is 1. The van der Waals surface area contributed by atoms with E-state index in [2.05, 4.69) is 11.7 Å². The largest absolute Gasteiger partial charge is 0.399 e. The van der Waals surface area contributed by atoms with E-state index < -0.39 is 0 Å². The van der Waals surface area contributed by atoms with Crippen LogP contribution in [0.25, 0.3) is 0 Å². The van der Waals surface area contributed by atoms with Gasteiger partial charge >= 0.3 is 0 Å². The second kappa shape index (κ2) is 2.31. The lowest BCUT2D eigenvalue weighted by atomic mass is 10.3. The van der Waals surface area contributed by atoms with Crippen LogP contribution >= 0.6 is 0 Å². The maximum atomic E-state index is 5.42. The Labute approximate surface area is 54.0 Å². The van der Waals surface area contributed by atoms with Gasteiger partial charge in [-0.3, -0.25) is 4.99 Å². The van der Waals surface area contributed by atoms with E-state index >= 15 is 0 Å². The first-order chi connectivity index (χ1) is 4.33. The van der Waals surface area contributed by atoms with Crippen LogP contribution in [0.3, 0.4) is 0 Å². The van der Waals surface area contributed by atoms with Crippen LogP contribution in [0.2, 0.25) is 0 Å². The van der Waals surface area contributed by atoms with Crippen molar-refractivity contribution < 1.29 is 0 Å². The predicted molar refractivity (Wildman–Crippen MR) is 40.1 cm³/mol. The van der Waals surface area contributed by atoms with Gasteiger partial charge in [-0.2, -0.15) is 0 Å². The summed E-state index contributed by atoms with van der Waals surface area (Å²) in [5, 5.41) is 0. The minimum Gasteiger partial charge on any atom is -0.399 e. The van der Waals surface area contributed by atoms with E-state index in [-0.39, 0.29) is 0 Å². The average molecular weight is 120 g/mol. The molecule has 0 aliphatic carbocycles. The molecule has 0 bridgehead atoms. The van der Waals surface area contributed by atoms with E-state index in [1.54, 1.807) is 12.1 Å². The van der Waals surface area contributed by atoms with E-state index in [1.165, 1.54) is 0 Å². The second-order valence-corrected chi connectivity index (χ2v) is 1.75. The molecule has 2 nitrogen and oxygen atoms in total. The third-order valence-electron chi connectivity index (χ3n) is 1.08. The zero-order valence-electron chi connectivity index (χ0n) is 5.04. The lowest BCUT2D eigenvalue weighted by Crippen LogP contribution is -1.80. The average Bonchev–Trinajstić information content (AvgIpc) is 1.90. The molecular weight excluding hydrogens is 112 g/mol. The first kappa shape index (κ1) is 5.82. The number of nitrogens with zero attached hydrogens (tertiary/aromatic N) is 1. The van der Waals surface area contributed by atoms with Crippen molar-refractivity contribution in [2.24, 2.45) is 4.99 Å². The van der Waals surface area contributed by atoms with Crippen LogP contribution in [0.15, 0.2) is 29.3 Å². The van der Waals surface area contributed by atoms with E-state index in [4.69, 9.17) is 5.73 Å². The molecular formula is C7H8N2. The normalized spacial score (nSPS) is 8.89. The van der Waals surface area contributed by atoms with Crippen LogP contribution in [-0.2, 0) is 0 Å². The molecule has 0 fully saturated rings. The van der Waals surface area contributed by atoms with Crippen molar-refractivity contribution in [3.05, 3.63) is 24.3 Å². The molecule has 1 aromatic rings. The van der Waals surface area contributed by atoms with Gasteiger partial charge < -0.3 is 5.73 Å². The lowest BCUT2D eigenvalue weighted by Gasteiger charge is -1.91. The molecule has 0 saturated heterocycles. The highest BCUT2D eigenvalue weighted by atomic mass is 14.7. The Kier molecular flexibility index (Phi) is 1.49. The lowest BCUT2D eigenvalue weighted by molar-refractivity contribution is 1.55. The summed E-state index contributed by atoms with van der Waals surface area (Å²) in [6, 6.07) is 7.23. The zero-order valence-corrected chi connectivity index (χ0v) is 5.04. The standard InChI is InChI=1S/C7H8N2/c1-9-7-4-2-6(8)3-5-7/h2-5H,1,8H2. The number of rotatable bonds is 1. The molecule has 0 amide bonds. The topological polar surface area (TPSA) is 38.4 Å². The second-order valence-electron chi connectivity index (χ2n) is 1.75. The predicted octanol–water partition coefficient (Wildman–Crippen LogP) is 1.60. The first-order valence-corrected chi connectivity index (χ1v) is 2.65. The number of hydrogen-bond acceptors (Lipinski definition) is 2. The van der Waals surface area contributed by atoms with Crippen LogP contribution in [0.5, 0.6) is 0 Å². The van der Waals surface area contributed by atoms with E-state index in [9.17, 15) is 0 Å². The molecule has 0 spiro atoms. The SMILES string of the molecule is C=Nc1ccc(N)cc1. The molecule has 1 aromatic carbocycles. The molecule has 0 aromatic heterocycles. The van der Waals surface area contributed by atoms with Crippen LogP contribution in [0.4, 0.5) is 11.4 Å². The van der Waals surface area contributed by atoms with Gasteiger partial charge in [-0.25, -0.2) is 0 Å². The minimum absolute atomic E-state index is 0.752. The summed E-state index contributed by atoms with van der Waals surface area (Å²) in [7, 11) is 0. The van der Waals surface area contributed by atoms with Crippen molar-refractivity contribution in [2.75, 3.05) is 5.73 Å².